The third kappa shape index (κ3) is 5.03. The van der Waals surface area contributed by atoms with Crippen LogP contribution < -0.4 is 0 Å². The smallest absolute Gasteiger partial charge is 0.167 e. The van der Waals surface area contributed by atoms with Crippen LogP contribution in [0.15, 0.2) is 203 Å². The standard InChI is InChI=1S/C57H32N4O2/c1-2-14-34(15-3-1)55-58-56(60-57(59-55)44-23-12-22-43-40-20-10-11-24-50(40)62-53(43)44)37-25-27-41-45-32-49(39-19-8-9-21-42(39)54(45)63-51(41)31-37)61-47-28-26-33-13-6-7-18-38(33)52(47)46-29-35-16-4-5-17-36(35)30-48(46)61/h1-32H. The van der Waals surface area contributed by atoms with Crippen molar-refractivity contribution in [3.63, 3.8) is 0 Å². The second-order valence-corrected chi connectivity index (χ2v) is 16.3. The summed E-state index contributed by atoms with van der Waals surface area (Å²) in [5.74, 6) is 1.66. The van der Waals surface area contributed by atoms with Crippen LogP contribution in [0.25, 0.3) is 138 Å². The molecular formula is C57H32N4O2. The van der Waals surface area contributed by atoms with Crippen molar-refractivity contribution in [3.8, 4) is 39.9 Å². The van der Waals surface area contributed by atoms with Crippen LogP contribution in [0.4, 0.5) is 0 Å². The van der Waals surface area contributed by atoms with Crippen molar-refractivity contribution in [2.24, 2.45) is 0 Å². The summed E-state index contributed by atoms with van der Waals surface area (Å²) < 4.78 is 15.8. The van der Waals surface area contributed by atoms with E-state index in [0.717, 1.165) is 88.1 Å². The first-order valence-corrected chi connectivity index (χ1v) is 21.2. The molecule has 6 nitrogen and oxygen atoms in total. The second kappa shape index (κ2) is 12.9. The molecule has 4 aromatic heterocycles. The molecule has 4 heterocycles. The number of furan rings is 2. The minimum Gasteiger partial charge on any atom is -0.455 e. The fourth-order valence-electron chi connectivity index (χ4n) is 9.90. The Hall–Kier alpha value is -8.61. The lowest BCUT2D eigenvalue weighted by atomic mass is 10.0. The van der Waals surface area contributed by atoms with Crippen molar-refractivity contribution in [2.75, 3.05) is 0 Å². The van der Waals surface area contributed by atoms with E-state index < -0.39 is 0 Å². The Morgan fingerprint density at radius 3 is 1.83 bits per heavy atom. The topological polar surface area (TPSA) is 69.9 Å². The summed E-state index contributed by atoms with van der Waals surface area (Å²) in [6, 6.07) is 68.1. The molecule has 10 aromatic carbocycles. The van der Waals surface area contributed by atoms with Crippen molar-refractivity contribution in [1.82, 2.24) is 19.5 Å². The highest BCUT2D eigenvalue weighted by molar-refractivity contribution is 6.25. The van der Waals surface area contributed by atoms with Gasteiger partial charge in [0.15, 0.2) is 17.5 Å². The number of hydrogen-bond acceptors (Lipinski definition) is 5. The minimum atomic E-state index is 0.538. The second-order valence-electron chi connectivity index (χ2n) is 16.3. The third-order valence-corrected chi connectivity index (χ3v) is 12.8. The zero-order valence-corrected chi connectivity index (χ0v) is 33.6. The molecule has 14 rings (SSSR count). The summed E-state index contributed by atoms with van der Waals surface area (Å²) in [5.41, 5.74) is 9.12. The first-order valence-electron chi connectivity index (χ1n) is 21.2. The molecule has 0 aliphatic carbocycles. The van der Waals surface area contributed by atoms with E-state index in [9.17, 15) is 0 Å². The molecule has 0 atom stereocenters. The van der Waals surface area contributed by atoms with E-state index in [1.54, 1.807) is 0 Å². The van der Waals surface area contributed by atoms with Crippen LogP contribution in [0.2, 0.25) is 0 Å². The van der Waals surface area contributed by atoms with Crippen molar-refractivity contribution >= 4 is 98.0 Å². The number of benzene rings is 10. The van der Waals surface area contributed by atoms with E-state index in [0.29, 0.717) is 17.5 Å². The van der Waals surface area contributed by atoms with Crippen molar-refractivity contribution in [2.45, 2.75) is 0 Å². The van der Waals surface area contributed by atoms with Gasteiger partial charge < -0.3 is 13.4 Å². The Morgan fingerprint density at radius 1 is 0.333 bits per heavy atom. The number of hydrogen-bond donors (Lipinski definition) is 0. The highest BCUT2D eigenvalue weighted by Crippen LogP contribution is 2.44. The lowest BCUT2D eigenvalue weighted by Crippen LogP contribution is -2.00. The maximum atomic E-state index is 6.92. The quantitative estimate of drug-likeness (QED) is 0.177. The van der Waals surface area contributed by atoms with Crippen molar-refractivity contribution in [1.29, 1.82) is 0 Å². The van der Waals surface area contributed by atoms with E-state index in [1.165, 1.54) is 32.3 Å². The molecule has 292 valence electrons. The Balaban J connectivity index is 1.00. The van der Waals surface area contributed by atoms with E-state index in [1.807, 2.05) is 60.7 Å². The molecule has 14 aromatic rings. The molecule has 6 heteroatoms. The maximum Gasteiger partial charge on any atom is 0.167 e. The van der Waals surface area contributed by atoms with Crippen LogP contribution in [-0.4, -0.2) is 19.5 Å². The molecule has 0 aliphatic rings. The van der Waals surface area contributed by atoms with Crippen LogP contribution in [0, 0.1) is 0 Å². The summed E-state index contributed by atoms with van der Waals surface area (Å²) >= 11 is 0. The van der Waals surface area contributed by atoms with E-state index in [-0.39, 0.29) is 0 Å². The SMILES string of the molecule is c1ccc(-c2nc(-c3ccc4c(c3)oc3c5ccccc5c(-n5c6cc7ccccc7cc6c6c7ccccc7ccc65)cc43)nc(-c3cccc4c3oc3ccccc34)n2)cc1. The molecule has 63 heavy (non-hydrogen) atoms. The summed E-state index contributed by atoms with van der Waals surface area (Å²) in [5, 5.41) is 13.7. The molecule has 0 fully saturated rings. The molecule has 0 spiro atoms. The van der Waals surface area contributed by atoms with Gasteiger partial charge in [-0.2, -0.15) is 0 Å². The number of aromatic nitrogens is 4. The summed E-state index contributed by atoms with van der Waals surface area (Å²) in [4.78, 5) is 15.3. The minimum absolute atomic E-state index is 0.538. The Labute approximate surface area is 358 Å². The summed E-state index contributed by atoms with van der Waals surface area (Å²) in [6.07, 6.45) is 0. The predicted molar refractivity (Wildman–Crippen MR) is 258 cm³/mol. The molecule has 0 radical (unpaired) electrons. The van der Waals surface area contributed by atoms with Gasteiger partial charge in [-0.1, -0.05) is 146 Å². The predicted octanol–water partition coefficient (Wildman–Crippen LogP) is 15.2. The van der Waals surface area contributed by atoms with Gasteiger partial charge in [0, 0.05) is 54.2 Å². The van der Waals surface area contributed by atoms with Gasteiger partial charge in [-0.15, -0.1) is 0 Å². The van der Waals surface area contributed by atoms with Gasteiger partial charge in [-0.3, -0.25) is 0 Å². The lowest BCUT2D eigenvalue weighted by Gasteiger charge is -2.13. The van der Waals surface area contributed by atoms with Crippen LogP contribution in [0.3, 0.4) is 0 Å². The van der Waals surface area contributed by atoms with Gasteiger partial charge in [0.1, 0.15) is 22.3 Å². The average Bonchev–Trinajstić information content (AvgIpc) is 4.02. The van der Waals surface area contributed by atoms with Crippen molar-refractivity contribution in [3.05, 3.63) is 194 Å². The zero-order valence-electron chi connectivity index (χ0n) is 33.6. The van der Waals surface area contributed by atoms with Crippen LogP contribution >= 0.6 is 0 Å². The molecule has 0 unspecified atom stereocenters. The molecule has 0 bridgehead atoms. The van der Waals surface area contributed by atoms with E-state index in [4.69, 9.17) is 23.8 Å². The summed E-state index contributed by atoms with van der Waals surface area (Å²) in [7, 11) is 0. The van der Waals surface area contributed by atoms with Crippen molar-refractivity contribution < 1.29 is 8.83 Å². The Kier molecular flexibility index (Phi) is 7.02. The molecular weight excluding hydrogens is 773 g/mol. The monoisotopic (exact) mass is 804 g/mol. The third-order valence-electron chi connectivity index (χ3n) is 12.8. The molecule has 0 amide bonds. The first kappa shape index (κ1) is 34.1. The highest BCUT2D eigenvalue weighted by atomic mass is 16.3. The average molecular weight is 805 g/mol. The molecule has 0 N–H and O–H groups in total. The van der Waals surface area contributed by atoms with Gasteiger partial charge in [0.2, 0.25) is 0 Å². The largest absolute Gasteiger partial charge is 0.455 e. The normalized spacial score (nSPS) is 12.1. The molecule has 0 aliphatic heterocycles. The molecule has 0 saturated carbocycles. The van der Waals surface area contributed by atoms with E-state index in [2.05, 4.69) is 138 Å². The first-order chi connectivity index (χ1) is 31.2. The van der Waals surface area contributed by atoms with Gasteiger partial charge in [-0.25, -0.2) is 15.0 Å². The number of nitrogens with zero attached hydrogens (tertiary/aromatic N) is 4. The van der Waals surface area contributed by atoms with Gasteiger partial charge in [-0.05, 0) is 70.1 Å². The number of rotatable bonds is 4. The highest BCUT2D eigenvalue weighted by Gasteiger charge is 2.22. The fraction of sp³-hybridized carbons (Fsp3) is 0. The zero-order chi connectivity index (χ0) is 41.2. The molecule has 0 saturated heterocycles. The Morgan fingerprint density at radius 2 is 0.968 bits per heavy atom. The van der Waals surface area contributed by atoms with Gasteiger partial charge >= 0.3 is 0 Å². The number of fused-ring (bicyclic) bond motifs is 14. The Bertz CT molecular complexity index is 4220. The van der Waals surface area contributed by atoms with Crippen LogP contribution in [0.1, 0.15) is 0 Å². The number of para-hydroxylation sites is 2. The van der Waals surface area contributed by atoms with Crippen LogP contribution in [-0.2, 0) is 0 Å². The van der Waals surface area contributed by atoms with E-state index >= 15 is 0 Å². The fourth-order valence-corrected chi connectivity index (χ4v) is 9.90. The van der Waals surface area contributed by atoms with Gasteiger partial charge in [0.05, 0.1) is 22.3 Å². The maximum absolute atomic E-state index is 6.92. The van der Waals surface area contributed by atoms with Gasteiger partial charge in [0.25, 0.3) is 0 Å². The lowest BCUT2D eigenvalue weighted by molar-refractivity contribution is 0.669. The summed E-state index contributed by atoms with van der Waals surface area (Å²) in [6.45, 7) is 0. The van der Waals surface area contributed by atoms with Crippen LogP contribution in [0.5, 0.6) is 0 Å².